The molecule has 10 heavy (non-hydrogen) atoms. The summed E-state index contributed by atoms with van der Waals surface area (Å²) in [4.78, 5) is 3.08. The lowest BCUT2D eigenvalue weighted by Gasteiger charge is -2.08. The molecule has 0 radical (unpaired) electrons. The average Bonchev–Trinajstić information content (AvgIpc) is 2.43. The van der Waals surface area contributed by atoms with Crippen molar-refractivity contribution in [2.45, 2.75) is 5.92 Å². The first-order chi connectivity index (χ1) is 4.88. The van der Waals surface area contributed by atoms with Crippen LogP contribution in [0.2, 0.25) is 0 Å². The van der Waals surface area contributed by atoms with E-state index >= 15 is 0 Å². The topological polar surface area (TPSA) is 67.8 Å². The SMILES string of the molecule is NCC(CN)c1ccc[nH]1. The van der Waals surface area contributed by atoms with Gasteiger partial charge in [0.1, 0.15) is 0 Å². The van der Waals surface area contributed by atoms with Gasteiger partial charge in [0, 0.05) is 30.9 Å². The number of hydrogen-bond donors (Lipinski definition) is 3. The molecule has 0 fully saturated rings. The van der Waals surface area contributed by atoms with Crippen LogP contribution in [0.3, 0.4) is 0 Å². The molecule has 0 saturated heterocycles. The second-order valence-corrected chi connectivity index (χ2v) is 2.29. The lowest BCUT2D eigenvalue weighted by Crippen LogP contribution is -2.21. The van der Waals surface area contributed by atoms with Gasteiger partial charge in [-0.3, -0.25) is 0 Å². The molecule has 1 heterocycles. The molecule has 0 spiro atoms. The van der Waals surface area contributed by atoms with E-state index in [0.29, 0.717) is 13.1 Å². The fraction of sp³-hybridized carbons (Fsp3) is 0.429. The lowest BCUT2D eigenvalue weighted by molar-refractivity contribution is 0.691. The minimum atomic E-state index is 0.287. The average molecular weight is 139 g/mol. The van der Waals surface area contributed by atoms with E-state index in [1.807, 2.05) is 18.3 Å². The zero-order chi connectivity index (χ0) is 7.40. The van der Waals surface area contributed by atoms with Crippen LogP contribution < -0.4 is 11.5 Å². The molecule has 1 aromatic heterocycles. The third-order valence-corrected chi connectivity index (χ3v) is 1.63. The number of aromatic amines is 1. The minimum Gasteiger partial charge on any atom is -0.365 e. The van der Waals surface area contributed by atoms with Crippen molar-refractivity contribution in [2.24, 2.45) is 11.5 Å². The van der Waals surface area contributed by atoms with Crippen LogP contribution in [0.5, 0.6) is 0 Å². The maximum atomic E-state index is 5.47. The first-order valence-electron chi connectivity index (χ1n) is 3.42. The highest BCUT2D eigenvalue weighted by molar-refractivity contribution is 5.10. The summed E-state index contributed by atoms with van der Waals surface area (Å²) in [6.45, 7) is 1.22. The van der Waals surface area contributed by atoms with Crippen molar-refractivity contribution in [3.05, 3.63) is 24.0 Å². The molecule has 1 aromatic rings. The first-order valence-corrected chi connectivity index (χ1v) is 3.42. The number of nitrogens with one attached hydrogen (secondary N) is 1. The fourth-order valence-electron chi connectivity index (χ4n) is 0.948. The smallest absolute Gasteiger partial charge is 0.0235 e. The lowest BCUT2D eigenvalue weighted by atomic mass is 10.1. The molecule has 3 nitrogen and oxygen atoms in total. The summed E-state index contributed by atoms with van der Waals surface area (Å²) in [5.41, 5.74) is 12.1. The van der Waals surface area contributed by atoms with Gasteiger partial charge in [0.15, 0.2) is 0 Å². The summed E-state index contributed by atoms with van der Waals surface area (Å²) >= 11 is 0. The predicted octanol–water partition coefficient (Wildman–Crippen LogP) is 0.0157. The molecular formula is C7H13N3. The highest BCUT2D eigenvalue weighted by atomic mass is 14.7. The van der Waals surface area contributed by atoms with Gasteiger partial charge in [-0.25, -0.2) is 0 Å². The van der Waals surface area contributed by atoms with Crippen molar-refractivity contribution in [1.29, 1.82) is 0 Å². The third-order valence-electron chi connectivity index (χ3n) is 1.63. The van der Waals surface area contributed by atoms with Crippen LogP contribution in [0.15, 0.2) is 18.3 Å². The molecule has 1 rings (SSSR count). The summed E-state index contributed by atoms with van der Waals surface area (Å²) in [5, 5.41) is 0. The van der Waals surface area contributed by atoms with E-state index in [0.717, 1.165) is 5.69 Å². The molecule has 0 bridgehead atoms. The highest BCUT2D eigenvalue weighted by Gasteiger charge is 2.06. The molecule has 5 N–H and O–H groups in total. The van der Waals surface area contributed by atoms with Crippen molar-refractivity contribution in [3.8, 4) is 0 Å². The second kappa shape index (κ2) is 3.39. The fourth-order valence-corrected chi connectivity index (χ4v) is 0.948. The quantitative estimate of drug-likeness (QED) is 0.552. The van der Waals surface area contributed by atoms with Crippen molar-refractivity contribution >= 4 is 0 Å². The predicted molar refractivity (Wildman–Crippen MR) is 41.6 cm³/mol. The van der Waals surface area contributed by atoms with Gasteiger partial charge >= 0.3 is 0 Å². The van der Waals surface area contributed by atoms with Crippen LogP contribution in [-0.2, 0) is 0 Å². The Hall–Kier alpha value is -0.800. The molecule has 0 unspecified atom stereocenters. The second-order valence-electron chi connectivity index (χ2n) is 2.29. The van der Waals surface area contributed by atoms with Crippen LogP contribution in [-0.4, -0.2) is 18.1 Å². The van der Waals surface area contributed by atoms with Crippen LogP contribution >= 0.6 is 0 Å². The molecule has 0 aliphatic rings. The Morgan fingerprint density at radius 1 is 1.40 bits per heavy atom. The Bertz CT molecular complexity index is 165. The molecule has 0 aliphatic heterocycles. The summed E-state index contributed by atoms with van der Waals surface area (Å²) in [7, 11) is 0. The number of H-pyrrole nitrogens is 1. The molecule has 56 valence electrons. The summed E-state index contributed by atoms with van der Waals surface area (Å²) < 4.78 is 0. The zero-order valence-corrected chi connectivity index (χ0v) is 5.88. The van der Waals surface area contributed by atoms with Gasteiger partial charge in [-0.05, 0) is 12.1 Å². The van der Waals surface area contributed by atoms with Crippen LogP contribution in [0.25, 0.3) is 0 Å². The standard InChI is InChI=1S/C7H13N3/c8-4-6(5-9)7-2-1-3-10-7/h1-3,6,10H,4-5,8-9H2. The molecule has 0 aliphatic carbocycles. The Morgan fingerprint density at radius 3 is 2.50 bits per heavy atom. The monoisotopic (exact) mass is 139 g/mol. The largest absolute Gasteiger partial charge is 0.365 e. The van der Waals surface area contributed by atoms with Gasteiger partial charge in [0.25, 0.3) is 0 Å². The van der Waals surface area contributed by atoms with Gasteiger partial charge < -0.3 is 16.5 Å². The van der Waals surface area contributed by atoms with E-state index in [9.17, 15) is 0 Å². The summed E-state index contributed by atoms with van der Waals surface area (Å²) in [5.74, 6) is 0.287. The van der Waals surface area contributed by atoms with Crippen LogP contribution in [0, 0.1) is 0 Å². The van der Waals surface area contributed by atoms with Gasteiger partial charge in [-0.15, -0.1) is 0 Å². The van der Waals surface area contributed by atoms with Crippen LogP contribution in [0.4, 0.5) is 0 Å². The van der Waals surface area contributed by atoms with E-state index < -0.39 is 0 Å². The number of nitrogens with two attached hydrogens (primary N) is 2. The Balaban J connectivity index is 2.64. The molecular weight excluding hydrogens is 126 g/mol. The Kier molecular flexibility index (Phi) is 2.48. The first kappa shape index (κ1) is 7.31. The van der Waals surface area contributed by atoms with E-state index in [-0.39, 0.29) is 5.92 Å². The van der Waals surface area contributed by atoms with Gasteiger partial charge in [-0.2, -0.15) is 0 Å². The molecule has 0 atom stereocenters. The number of hydrogen-bond acceptors (Lipinski definition) is 2. The Labute approximate surface area is 60.4 Å². The number of rotatable bonds is 3. The summed E-state index contributed by atoms with van der Waals surface area (Å²) in [6.07, 6.45) is 1.88. The number of aromatic nitrogens is 1. The maximum absolute atomic E-state index is 5.47. The van der Waals surface area contributed by atoms with E-state index in [1.165, 1.54) is 0 Å². The van der Waals surface area contributed by atoms with Crippen LogP contribution in [0.1, 0.15) is 11.6 Å². The van der Waals surface area contributed by atoms with Crippen molar-refractivity contribution in [2.75, 3.05) is 13.1 Å². The third kappa shape index (κ3) is 1.37. The van der Waals surface area contributed by atoms with E-state index in [1.54, 1.807) is 0 Å². The highest BCUT2D eigenvalue weighted by Crippen LogP contribution is 2.08. The molecule has 0 amide bonds. The minimum absolute atomic E-state index is 0.287. The van der Waals surface area contributed by atoms with Gasteiger partial charge in [0.2, 0.25) is 0 Å². The maximum Gasteiger partial charge on any atom is 0.0235 e. The van der Waals surface area contributed by atoms with Crippen molar-refractivity contribution in [3.63, 3.8) is 0 Å². The Morgan fingerprint density at radius 2 is 2.10 bits per heavy atom. The van der Waals surface area contributed by atoms with Crippen molar-refractivity contribution in [1.82, 2.24) is 4.98 Å². The van der Waals surface area contributed by atoms with Gasteiger partial charge in [-0.1, -0.05) is 0 Å². The molecule has 0 saturated carbocycles. The van der Waals surface area contributed by atoms with E-state index in [2.05, 4.69) is 4.98 Å². The summed E-state index contributed by atoms with van der Waals surface area (Å²) in [6, 6.07) is 3.96. The van der Waals surface area contributed by atoms with Crippen molar-refractivity contribution < 1.29 is 0 Å². The zero-order valence-electron chi connectivity index (χ0n) is 5.88. The normalized spacial score (nSPS) is 10.7. The van der Waals surface area contributed by atoms with E-state index in [4.69, 9.17) is 11.5 Å². The van der Waals surface area contributed by atoms with Gasteiger partial charge in [0.05, 0.1) is 0 Å². The molecule has 0 aromatic carbocycles. The molecule has 3 heteroatoms.